The van der Waals surface area contributed by atoms with E-state index in [1.165, 1.54) is 19.2 Å². The molecule has 1 aliphatic heterocycles. The van der Waals surface area contributed by atoms with E-state index in [1.54, 1.807) is 29.3 Å². The maximum atomic E-state index is 14.3. The molecule has 0 saturated heterocycles. The molecule has 1 aliphatic rings. The van der Waals surface area contributed by atoms with Gasteiger partial charge in [-0.05, 0) is 29.8 Å². The second-order valence-electron chi connectivity index (χ2n) is 6.53. The van der Waals surface area contributed by atoms with E-state index in [0.29, 0.717) is 17.9 Å². The van der Waals surface area contributed by atoms with Gasteiger partial charge in [-0.2, -0.15) is 4.98 Å². The van der Waals surface area contributed by atoms with E-state index in [9.17, 15) is 14.3 Å². The molecule has 0 aliphatic carbocycles. The summed E-state index contributed by atoms with van der Waals surface area (Å²) in [7, 11) is 1.33. The summed E-state index contributed by atoms with van der Waals surface area (Å²) >= 11 is 0. The van der Waals surface area contributed by atoms with E-state index in [4.69, 9.17) is 4.74 Å². The molecule has 0 fully saturated rings. The number of phenols is 1. The zero-order chi connectivity index (χ0) is 21.1. The minimum atomic E-state index is -0.624. The van der Waals surface area contributed by atoms with Crippen molar-refractivity contribution in [3.8, 4) is 5.75 Å². The number of hydrogen-bond donors (Lipinski definition) is 4. The third kappa shape index (κ3) is 4.23. The van der Waals surface area contributed by atoms with Crippen LogP contribution in [0.25, 0.3) is 0 Å². The Morgan fingerprint density at radius 1 is 1.27 bits per heavy atom. The molecule has 0 spiro atoms. The van der Waals surface area contributed by atoms with Crippen LogP contribution in [0.15, 0.2) is 48.7 Å². The van der Waals surface area contributed by atoms with Gasteiger partial charge in [0.05, 0.1) is 19.0 Å². The Morgan fingerprint density at radius 3 is 2.90 bits per heavy atom. The van der Waals surface area contributed by atoms with Crippen molar-refractivity contribution >= 4 is 34.8 Å². The first-order valence-corrected chi connectivity index (χ1v) is 9.08. The largest absolute Gasteiger partial charge is 0.508 e. The average molecular weight is 410 g/mol. The van der Waals surface area contributed by atoms with Crippen molar-refractivity contribution in [2.24, 2.45) is 0 Å². The molecule has 0 radical (unpaired) electrons. The topological polar surface area (TPSA) is 112 Å². The number of nitrogens with one attached hydrogen (secondary N) is 3. The smallest absolute Gasteiger partial charge is 0.326 e. The molecule has 0 unspecified atom stereocenters. The normalized spacial score (nSPS) is 12.4. The molecular weight excluding hydrogens is 391 g/mol. The minimum absolute atomic E-state index is 0.0157. The maximum Gasteiger partial charge on any atom is 0.326 e. The number of aromatic hydroxyl groups is 1. The lowest BCUT2D eigenvalue weighted by atomic mass is 10.1. The summed E-state index contributed by atoms with van der Waals surface area (Å²) in [6.45, 7) is 0.624. The fourth-order valence-corrected chi connectivity index (χ4v) is 3.01. The highest BCUT2D eigenvalue weighted by molar-refractivity contribution is 5.78. The number of carbonyl (C=O) groups is 1. The second kappa shape index (κ2) is 8.21. The Hall–Kier alpha value is -3.92. The minimum Gasteiger partial charge on any atom is -0.508 e. The number of fused-ring (bicyclic) bond motifs is 1. The number of ether oxygens (including phenoxy) is 1. The van der Waals surface area contributed by atoms with Gasteiger partial charge in [0.15, 0.2) is 11.6 Å². The lowest BCUT2D eigenvalue weighted by molar-refractivity contribution is -0.139. The summed E-state index contributed by atoms with van der Waals surface area (Å²) < 4.78 is 19.0. The Bertz CT molecular complexity index is 1090. The first kappa shape index (κ1) is 19.4. The number of rotatable bonds is 6. The zero-order valence-electron chi connectivity index (χ0n) is 16.0. The van der Waals surface area contributed by atoms with Crippen LogP contribution in [0, 0.1) is 5.82 Å². The Kier molecular flexibility index (Phi) is 5.31. The number of aromatic nitrogens is 2. The summed E-state index contributed by atoms with van der Waals surface area (Å²) in [5, 5.41) is 17.1. The molecule has 4 rings (SSSR count). The van der Waals surface area contributed by atoms with Crippen LogP contribution in [0.3, 0.4) is 0 Å². The van der Waals surface area contributed by atoms with Crippen molar-refractivity contribution in [2.45, 2.75) is 6.54 Å². The number of hydrazine groups is 1. The molecule has 30 heavy (non-hydrogen) atoms. The van der Waals surface area contributed by atoms with Gasteiger partial charge in [0.25, 0.3) is 0 Å². The van der Waals surface area contributed by atoms with Crippen LogP contribution in [-0.4, -0.2) is 34.7 Å². The number of hydrogen-bond acceptors (Lipinski definition) is 9. The third-order valence-electron chi connectivity index (χ3n) is 4.46. The molecule has 2 heterocycles. The van der Waals surface area contributed by atoms with E-state index in [1.807, 2.05) is 6.07 Å². The quantitative estimate of drug-likeness (QED) is 0.456. The highest BCUT2D eigenvalue weighted by Crippen LogP contribution is 2.30. The SMILES string of the molecule is COC(=O)CN1NCc2ccc(Nc3nc(Nc4cccc(O)c4)ncc3F)cc21. The van der Waals surface area contributed by atoms with Gasteiger partial charge in [-0.25, -0.2) is 14.8 Å². The standard InChI is InChI=1S/C20H19FN6O3/c1-30-18(29)11-27-17-8-14(6-5-12(17)9-23-27)24-19-16(21)10-22-20(26-19)25-13-3-2-4-15(28)7-13/h2-8,10,23,28H,9,11H2,1H3,(H2,22,24,25,26). The summed E-state index contributed by atoms with van der Waals surface area (Å²) in [6.07, 6.45) is 1.05. The number of halogens is 1. The lowest BCUT2D eigenvalue weighted by Gasteiger charge is -2.18. The predicted octanol–water partition coefficient (Wildman–Crippen LogP) is 2.81. The van der Waals surface area contributed by atoms with E-state index >= 15 is 0 Å². The summed E-state index contributed by atoms with van der Waals surface area (Å²) in [6, 6.07) is 11.9. The van der Waals surface area contributed by atoms with E-state index in [0.717, 1.165) is 17.4 Å². The fourth-order valence-electron chi connectivity index (χ4n) is 3.01. The predicted molar refractivity (Wildman–Crippen MR) is 109 cm³/mol. The number of esters is 1. The highest BCUT2D eigenvalue weighted by Gasteiger charge is 2.22. The van der Waals surface area contributed by atoms with Gasteiger partial charge in [-0.3, -0.25) is 9.80 Å². The van der Waals surface area contributed by atoms with E-state index in [-0.39, 0.29) is 30.0 Å². The van der Waals surface area contributed by atoms with Gasteiger partial charge in [-0.15, -0.1) is 0 Å². The highest BCUT2D eigenvalue weighted by atomic mass is 19.1. The first-order chi connectivity index (χ1) is 14.5. The van der Waals surface area contributed by atoms with Gasteiger partial charge in [0.2, 0.25) is 5.95 Å². The molecule has 4 N–H and O–H groups in total. The second-order valence-corrected chi connectivity index (χ2v) is 6.53. The summed E-state index contributed by atoms with van der Waals surface area (Å²) in [5.74, 6) is -0.763. The molecule has 0 amide bonds. The molecule has 154 valence electrons. The van der Waals surface area contributed by atoms with Crippen molar-refractivity contribution in [1.29, 1.82) is 0 Å². The molecule has 0 saturated carbocycles. The number of anilines is 5. The molecule has 2 aromatic carbocycles. The van der Waals surface area contributed by atoms with Crippen molar-refractivity contribution < 1.29 is 19.0 Å². The monoisotopic (exact) mass is 410 g/mol. The number of nitrogens with zero attached hydrogens (tertiary/aromatic N) is 3. The lowest BCUT2D eigenvalue weighted by Crippen LogP contribution is -2.37. The fraction of sp³-hybridized carbons (Fsp3) is 0.150. The Balaban J connectivity index is 1.54. The van der Waals surface area contributed by atoms with E-state index < -0.39 is 5.82 Å². The maximum absolute atomic E-state index is 14.3. The van der Waals surface area contributed by atoms with Crippen molar-refractivity contribution in [2.75, 3.05) is 29.3 Å². The first-order valence-electron chi connectivity index (χ1n) is 9.08. The zero-order valence-corrected chi connectivity index (χ0v) is 16.0. The van der Waals surface area contributed by atoms with Crippen LogP contribution in [-0.2, 0) is 16.1 Å². The van der Waals surface area contributed by atoms with Crippen LogP contribution < -0.4 is 21.1 Å². The Morgan fingerprint density at radius 2 is 2.10 bits per heavy atom. The number of benzene rings is 2. The molecule has 9 nitrogen and oxygen atoms in total. The van der Waals surface area contributed by atoms with Gasteiger partial charge < -0.3 is 20.5 Å². The van der Waals surface area contributed by atoms with Crippen molar-refractivity contribution in [3.05, 3.63) is 60.0 Å². The van der Waals surface area contributed by atoms with Gasteiger partial charge in [0.1, 0.15) is 12.3 Å². The van der Waals surface area contributed by atoms with Crippen LogP contribution in [0.2, 0.25) is 0 Å². The van der Waals surface area contributed by atoms with Crippen LogP contribution in [0.4, 0.5) is 33.2 Å². The van der Waals surface area contributed by atoms with Crippen molar-refractivity contribution in [1.82, 2.24) is 15.4 Å². The third-order valence-corrected chi connectivity index (χ3v) is 4.46. The van der Waals surface area contributed by atoms with Gasteiger partial charge in [0, 0.05) is 24.0 Å². The van der Waals surface area contributed by atoms with E-state index in [2.05, 4.69) is 26.0 Å². The van der Waals surface area contributed by atoms with Crippen molar-refractivity contribution in [3.63, 3.8) is 0 Å². The molecule has 3 aromatic rings. The molecule has 0 atom stereocenters. The summed E-state index contributed by atoms with van der Waals surface area (Å²) in [4.78, 5) is 19.7. The number of phenolic OH excluding ortho intramolecular Hbond substituents is 1. The van der Waals surface area contributed by atoms with Gasteiger partial charge in [-0.1, -0.05) is 12.1 Å². The number of carbonyl (C=O) groups excluding carboxylic acids is 1. The average Bonchev–Trinajstić information content (AvgIpc) is 3.12. The van der Waals surface area contributed by atoms with Crippen LogP contribution >= 0.6 is 0 Å². The Labute approximate surface area is 171 Å². The summed E-state index contributed by atoms with van der Waals surface area (Å²) in [5.41, 5.74) is 6.05. The molecule has 0 bridgehead atoms. The molecule has 10 heteroatoms. The van der Waals surface area contributed by atoms with Gasteiger partial charge >= 0.3 is 5.97 Å². The molecular formula is C20H19FN6O3. The van der Waals surface area contributed by atoms with Crippen LogP contribution in [0.1, 0.15) is 5.56 Å². The molecule has 1 aromatic heterocycles. The van der Waals surface area contributed by atoms with Crippen LogP contribution in [0.5, 0.6) is 5.75 Å². The number of methoxy groups -OCH3 is 1.